The lowest BCUT2D eigenvalue weighted by Gasteiger charge is -2.08. The molecule has 0 radical (unpaired) electrons. The van der Waals surface area contributed by atoms with Crippen molar-refractivity contribution in [3.8, 4) is 11.5 Å². The Balaban J connectivity index is 1.59. The van der Waals surface area contributed by atoms with Crippen molar-refractivity contribution in [2.75, 3.05) is 6.61 Å². The number of nitrogens with zero attached hydrogens (tertiary/aromatic N) is 2. The van der Waals surface area contributed by atoms with Crippen LogP contribution in [0.15, 0.2) is 73.3 Å². The van der Waals surface area contributed by atoms with Gasteiger partial charge in [0.2, 0.25) is 5.76 Å². The van der Waals surface area contributed by atoms with Crippen molar-refractivity contribution in [1.82, 2.24) is 5.43 Å². The minimum absolute atomic E-state index is 0.0404. The van der Waals surface area contributed by atoms with Crippen LogP contribution in [0.2, 0.25) is 0 Å². The van der Waals surface area contributed by atoms with Gasteiger partial charge in [-0.15, -0.1) is 0 Å². The molecule has 12 heteroatoms. The van der Waals surface area contributed by atoms with E-state index in [1.165, 1.54) is 36.7 Å². The summed E-state index contributed by atoms with van der Waals surface area (Å²) in [5.41, 5.74) is 2.59. The van der Waals surface area contributed by atoms with E-state index in [0.717, 1.165) is 0 Å². The molecule has 32 heavy (non-hydrogen) atoms. The highest BCUT2D eigenvalue weighted by atomic mass is 79.9. The fourth-order valence-corrected chi connectivity index (χ4v) is 3.19. The van der Waals surface area contributed by atoms with E-state index >= 15 is 0 Å². The number of amides is 1. The van der Waals surface area contributed by atoms with Crippen LogP contribution in [0, 0.1) is 10.1 Å². The van der Waals surface area contributed by atoms with E-state index in [-0.39, 0.29) is 29.6 Å². The second-order valence-electron chi connectivity index (χ2n) is 6.00. The number of furan rings is 1. The highest BCUT2D eigenvalue weighted by Crippen LogP contribution is 2.29. The zero-order valence-electron chi connectivity index (χ0n) is 16.0. The van der Waals surface area contributed by atoms with Crippen molar-refractivity contribution in [2.45, 2.75) is 0 Å². The number of hydrazone groups is 1. The molecule has 1 amide bonds. The number of esters is 1. The summed E-state index contributed by atoms with van der Waals surface area (Å²) in [6.45, 7) is -0.382. The molecule has 0 unspecified atom stereocenters. The number of non-ortho nitro benzene ring substituents is 1. The third-order valence-electron chi connectivity index (χ3n) is 3.77. The number of hydrogen-bond donors (Lipinski definition) is 1. The van der Waals surface area contributed by atoms with Gasteiger partial charge in [-0.05, 0) is 52.3 Å². The van der Waals surface area contributed by atoms with E-state index in [1.807, 2.05) is 0 Å². The van der Waals surface area contributed by atoms with Crippen LogP contribution in [-0.2, 0) is 4.79 Å². The van der Waals surface area contributed by atoms with Crippen molar-refractivity contribution < 1.29 is 28.4 Å². The molecule has 0 bridgehead atoms. The van der Waals surface area contributed by atoms with Gasteiger partial charge in [0.25, 0.3) is 11.6 Å². The lowest BCUT2D eigenvalue weighted by Crippen LogP contribution is -2.24. The van der Waals surface area contributed by atoms with Gasteiger partial charge in [0.1, 0.15) is 11.5 Å². The summed E-state index contributed by atoms with van der Waals surface area (Å²) in [5.74, 6) is -0.750. The molecule has 1 aromatic heterocycles. The lowest BCUT2D eigenvalue weighted by molar-refractivity contribution is -0.384. The molecular weight excluding hydrogens is 554 g/mol. The van der Waals surface area contributed by atoms with Crippen LogP contribution >= 0.6 is 31.9 Å². The van der Waals surface area contributed by atoms with Gasteiger partial charge in [0.15, 0.2) is 6.61 Å². The average Bonchev–Trinajstić information content (AvgIpc) is 3.29. The molecule has 0 atom stereocenters. The Morgan fingerprint density at radius 1 is 1.16 bits per heavy atom. The highest BCUT2D eigenvalue weighted by Gasteiger charge is 2.14. The molecule has 0 aliphatic heterocycles. The molecule has 1 N–H and O–H groups in total. The SMILES string of the molecule is O=C(COc1ccc([N+](=O)[O-])cc1Br)NN=Cc1cc(Br)ccc1OC(=O)c1ccco1. The Hall–Kier alpha value is -3.51. The molecule has 2 aromatic carbocycles. The number of nitro groups is 1. The smallest absolute Gasteiger partial charge is 0.379 e. The first kappa shape index (κ1) is 23.2. The maximum absolute atomic E-state index is 12.1. The fourth-order valence-electron chi connectivity index (χ4n) is 2.33. The van der Waals surface area contributed by atoms with E-state index in [1.54, 1.807) is 24.3 Å². The molecule has 3 aromatic rings. The van der Waals surface area contributed by atoms with Crippen molar-refractivity contribution in [3.63, 3.8) is 0 Å². The van der Waals surface area contributed by atoms with Gasteiger partial charge in [-0.1, -0.05) is 15.9 Å². The minimum Gasteiger partial charge on any atom is -0.483 e. The van der Waals surface area contributed by atoms with E-state index < -0.39 is 16.8 Å². The lowest BCUT2D eigenvalue weighted by atomic mass is 10.2. The summed E-state index contributed by atoms with van der Waals surface area (Å²) >= 11 is 6.47. The normalized spacial score (nSPS) is 10.7. The summed E-state index contributed by atoms with van der Waals surface area (Å²) in [4.78, 5) is 34.3. The van der Waals surface area contributed by atoms with E-state index in [0.29, 0.717) is 14.5 Å². The number of rotatable bonds is 8. The highest BCUT2D eigenvalue weighted by molar-refractivity contribution is 9.10. The Kier molecular flexibility index (Phi) is 7.73. The third-order valence-corrected chi connectivity index (χ3v) is 4.89. The second kappa shape index (κ2) is 10.7. The zero-order chi connectivity index (χ0) is 23.1. The molecule has 0 spiro atoms. The number of ether oxygens (including phenoxy) is 2. The monoisotopic (exact) mass is 565 g/mol. The van der Waals surface area contributed by atoms with Crippen LogP contribution in [0.25, 0.3) is 0 Å². The molecule has 0 aliphatic rings. The van der Waals surface area contributed by atoms with Crippen molar-refractivity contribution >= 4 is 55.6 Å². The van der Waals surface area contributed by atoms with Gasteiger partial charge in [-0.2, -0.15) is 5.10 Å². The van der Waals surface area contributed by atoms with E-state index in [9.17, 15) is 19.7 Å². The van der Waals surface area contributed by atoms with Crippen LogP contribution < -0.4 is 14.9 Å². The van der Waals surface area contributed by atoms with Gasteiger partial charge in [0.05, 0.1) is 21.9 Å². The first-order chi connectivity index (χ1) is 15.3. The third kappa shape index (κ3) is 6.25. The maximum atomic E-state index is 12.1. The van der Waals surface area contributed by atoms with Crippen LogP contribution in [-0.4, -0.2) is 29.6 Å². The van der Waals surface area contributed by atoms with Crippen molar-refractivity contribution in [1.29, 1.82) is 0 Å². The van der Waals surface area contributed by atoms with Gasteiger partial charge < -0.3 is 13.9 Å². The Labute approximate surface area is 197 Å². The summed E-state index contributed by atoms with van der Waals surface area (Å²) in [7, 11) is 0. The van der Waals surface area contributed by atoms with Crippen LogP contribution in [0.3, 0.4) is 0 Å². The predicted molar refractivity (Wildman–Crippen MR) is 120 cm³/mol. The Morgan fingerprint density at radius 3 is 2.62 bits per heavy atom. The number of halogens is 2. The number of hydrogen-bond acceptors (Lipinski definition) is 8. The van der Waals surface area contributed by atoms with Gasteiger partial charge >= 0.3 is 5.97 Å². The summed E-state index contributed by atoms with van der Waals surface area (Å²) in [5, 5.41) is 14.6. The minimum atomic E-state index is -0.682. The van der Waals surface area contributed by atoms with Crippen LogP contribution in [0.4, 0.5) is 5.69 Å². The predicted octanol–water partition coefficient (Wildman–Crippen LogP) is 4.46. The van der Waals surface area contributed by atoms with Gasteiger partial charge in [-0.25, -0.2) is 10.2 Å². The molecule has 0 saturated heterocycles. The topological polar surface area (TPSA) is 133 Å². The molecule has 1 heterocycles. The first-order valence-corrected chi connectivity index (χ1v) is 10.4. The van der Waals surface area contributed by atoms with E-state index in [4.69, 9.17) is 13.9 Å². The largest absolute Gasteiger partial charge is 0.483 e. The van der Waals surface area contributed by atoms with Crippen molar-refractivity contribution in [3.05, 3.63) is 85.2 Å². The van der Waals surface area contributed by atoms with Crippen molar-refractivity contribution in [2.24, 2.45) is 5.10 Å². The molecule has 0 fully saturated rings. The molecular formula is C20H13Br2N3O7. The Morgan fingerprint density at radius 2 is 1.94 bits per heavy atom. The number of benzene rings is 2. The molecule has 0 saturated carbocycles. The first-order valence-electron chi connectivity index (χ1n) is 8.77. The maximum Gasteiger partial charge on any atom is 0.379 e. The summed E-state index contributed by atoms with van der Waals surface area (Å²) in [6, 6.07) is 11.8. The van der Waals surface area contributed by atoms with Crippen LogP contribution in [0.1, 0.15) is 16.1 Å². The second-order valence-corrected chi connectivity index (χ2v) is 7.77. The zero-order valence-corrected chi connectivity index (χ0v) is 19.2. The molecule has 0 aliphatic carbocycles. The van der Waals surface area contributed by atoms with Crippen LogP contribution in [0.5, 0.6) is 11.5 Å². The number of nitro benzene ring substituents is 1. The van der Waals surface area contributed by atoms with Gasteiger partial charge in [-0.3, -0.25) is 14.9 Å². The summed E-state index contributed by atoms with van der Waals surface area (Å²) < 4.78 is 16.7. The number of carbonyl (C=O) groups is 2. The molecule has 164 valence electrons. The Bertz CT molecular complexity index is 1180. The van der Waals surface area contributed by atoms with E-state index in [2.05, 4.69) is 42.4 Å². The molecule has 10 nitrogen and oxygen atoms in total. The fraction of sp³-hybridized carbons (Fsp3) is 0.0500. The quantitative estimate of drug-likeness (QED) is 0.140. The summed E-state index contributed by atoms with van der Waals surface area (Å²) in [6.07, 6.45) is 2.66. The molecule has 3 rings (SSSR count). The standard InChI is InChI=1S/C20H13Br2N3O7/c21-13-3-5-16(32-20(27)18-2-1-7-30-18)12(8-13)10-23-24-19(26)11-31-17-6-4-14(25(28)29)9-15(17)22/h1-10H,11H2,(H,24,26). The number of carbonyl (C=O) groups excluding carboxylic acids is 2. The van der Waals surface area contributed by atoms with Gasteiger partial charge in [0, 0.05) is 22.2 Å². The number of nitrogens with one attached hydrogen (secondary N) is 1. The average molecular weight is 567 g/mol.